The third-order valence-corrected chi connectivity index (χ3v) is 1.76. The fourth-order valence-corrected chi connectivity index (χ4v) is 1.19. The molecule has 1 aromatic rings. The summed E-state index contributed by atoms with van der Waals surface area (Å²) >= 11 is 4.49. The first-order valence-corrected chi connectivity index (χ1v) is 4.32. The Hall–Kier alpha value is -2.29. The molecule has 0 aliphatic carbocycles. The molecule has 3 N–H and O–H groups in total. The molecule has 1 aromatic carbocycles. The van der Waals surface area contributed by atoms with Gasteiger partial charge in [0.15, 0.2) is 10.8 Å². The first-order valence-electron chi connectivity index (χ1n) is 3.91. The molecule has 0 radical (unpaired) electrons. The highest BCUT2D eigenvalue weighted by Gasteiger charge is 2.24. The third kappa shape index (κ3) is 2.39. The van der Waals surface area contributed by atoms with Crippen LogP contribution in [0.15, 0.2) is 18.2 Å². The molecule has 1 rings (SSSR count). The van der Waals surface area contributed by atoms with E-state index in [1.54, 1.807) is 0 Å². The van der Waals surface area contributed by atoms with Crippen LogP contribution in [0.4, 0.5) is 17.1 Å². The molecule has 0 bridgehead atoms. The minimum atomic E-state index is -0.756. The van der Waals surface area contributed by atoms with Crippen molar-refractivity contribution in [2.24, 2.45) is 5.73 Å². The monoisotopic (exact) mass is 242 g/mol. The lowest BCUT2D eigenvalue weighted by Crippen LogP contribution is -2.20. The number of para-hydroxylation sites is 1. The second kappa shape index (κ2) is 4.49. The first kappa shape index (κ1) is 11.8. The van der Waals surface area contributed by atoms with Crippen molar-refractivity contribution >= 4 is 34.4 Å². The van der Waals surface area contributed by atoms with Crippen LogP contribution in [0.1, 0.15) is 0 Å². The van der Waals surface area contributed by atoms with Crippen molar-refractivity contribution in [1.82, 2.24) is 0 Å². The number of anilines is 1. The zero-order chi connectivity index (χ0) is 12.3. The third-order valence-electron chi connectivity index (χ3n) is 1.66. The van der Waals surface area contributed by atoms with E-state index in [-0.39, 0.29) is 10.8 Å². The molecular formula is C7H6N4O4S. The quantitative estimate of drug-likeness (QED) is 0.462. The number of nitrogens with one attached hydrogen (secondary N) is 1. The lowest BCUT2D eigenvalue weighted by atomic mass is 10.2. The summed E-state index contributed by atoms with van der Waals surface area (Å²) in [5, 5.41) is 23.2. The standard InChI is InChI=1S/C7H6N4O4S/c8-7(16)9-6-4(10(12)13)2-1-3-5(6)11(14)15/h1-3H,(H3,8,9,16). The van der Waals surface area contributed by atoms with Crippen LogP contribution in [-0.2, 0) is 0 Å². The molecule has 9 heteroatoms. The van der Waals surface area contributed by atoms with E-state index in [0.29, 0.717) is 0 Å². The molecule has 8 nitrogen and oxygen atoms in total. The van der Waals surface area contributed by atoms with Gasteiger partial charge in [-0.25, -0.2) is 0 Å². The molecule has 0 spiro atoms. The van der Waals surface area contributed by atoms with Crippen LogP contribution in [0.25, 0.3) is 0 Å². The Morgan fingerprint density at radius 1 is 1.25 bits per heavy atom. The molecule has 0 aliphatic heterocycles. The van der Waals surface area contributed by atoms with Crippen molar-refractivity contribution in [1.29, 1.82) is 0 Å². The van der Waals surface area contributed by atoms with Gasteiger partial charge in [-0.3, -0.25) is 20.2 Å². The molecule has 0 atom stereocenters. The minimum absolute atomic E-state index is 0.280. The number of hydrogen-bond acceptors (Lipinski definition) is 5. The molecule has 0 unspecified atom stereocenters. The highest BCUT2D eigenvalue weighted by Crippen LogP contribution is 2.33. The number of hydrogen-bond donors (Lipinski definition) is 2. The minimum Gasteiger partial charge on any atom is -0.376 e. The molecule has 0 heterocycles. The Balaban J connectivity index is 3.40. The van der Waals surface area contributed by atoms with Gasteiger partial charge in [0.05, 0.1) is 9.85 Å². The lowest BCUT2D eigenvalue weighted by molar-refractivity contribution is -0.392. The van der Waals surface area contributed by atoms with Crippen LogP contribution >= 0.6 is 12.2 Å². The average molecular weight is 242 g/mol. The number of thiocarbonyl (C=S) groups is 1. The molecule has 0 amide bonds. The zero-order valence-electron chi connectivity index (χ0n) is 7.75. The van der Waals surface area contributed by atoms with E-state index in [4.69, 9.17) is 5.73 Å². The van der Waals surface area contributed by atoms with Crippen LogP contribution < -0.4 is 11.1 Å². The summed E-state index contributed by atoms with van der Waals surface area (Å²) in [5.74, 6) is 0. The second-order valence-corrected chi connectivity index (χ2v) is 3.11. The van der Waals surface area contributed by atoms with Crippen LogP contribution in [0.5, 0.6) is 0 Å². The van der Waals surface area contributed by atoms with Crippen LogP contribution in [-0.4, -0.2) is 15.0 Å². The number of nitro groups is 2. The SMILES string of the molecule is NC(=S)Nc1c([N+](=O)[O-])cccc1[N+](=O)[O-]. The van der Waals surface area contributed by atoms with Gasteiger partial charge >= 0.3 is 0 Å². The van der Waals surface area contributed by atoms with Crippen molar-refractivity contribution in [2.45, 2.75) is 0 Å². The van der Waals surface area contributed by atoms with Crippen LogP contribution in [0, 0.1) is 20.2 Å². The Morgan fingerprint density at radius 3 is 2.00 bits per heavy atom. The molecule has 0 saturated heterocycles. The van der Waals surface area contributed by atoms with Gasteiger partial charge < -0.3 is 11.1 Å². The van der Waals surface area contributed by atoms with E-state index >= 15 is 0 Å². The topological polar surface area (TPSA) is 124 Å². The Morgan fingerprint density at radius 2 is 1.69 bits per heavy atom. The van der Waals surface area contributed by atoms with Gasteiger partial charge in [0.1, 0.15) is 0 Å². The highest BCUT2D eigenvalue weighted by atomic mass is 32.1. The van der Waals surface area contributed by atoms with E-state index in [0.717, 1.165) is 12.1 Å². The van der Waals surface area contributed by atoms with Crippen LogP contribution in [0.2, 0.25) is 0 Å². The van der Waals surface area contributed by atoms with E-state index in [1.807, 2.05) is 0 Å². The maximum absolute atomic E-state index is 10.6. The lowest BCUT2D eigenvalue weighted by Gasteiger charge is -2.04. The van der Waals surface area contributed by atoms with Gasteiger partial charge in [-0.05, 0) is 18.3 Å². The Bertz CT molecular complexity index is 443. The van der Waals surface area contributed by atoms with Crippen molar-refractivity contribution in [2.75, 3.05) is 5.32 Å². The molecule has 16 heavy (non-hydrogen) atoms. The van der Waals surface area contributed by atoms with E-state index in [9.17, 15) is 20.2 Å². The molecule has 84 valence electrons. The molecule has 0 aliphatic rings. The summed E-state index contributed by atoms with van der Waals surface area (Å²) in [4.78, 5) is 19.8. The Labute approximate surface area is 94.4 Å². The summed E-state index contributed by atoms with van der Waals surface area (Å²) in [7, 11) is 0. The zero-order valence-corrected chi connectivity index (χ0v) is 8.56. The summed E-state index contributed by atoms with van der Waals surface area (Å²) in [6.07, 6.45) is 0. The number of rotatable bonds is 3. The van der Waals surface area contributed by atoms with E-state index < -0.39 is 21.2 Å². The largest absolute Gasteiger partial charge is 0.376 e. The fraction of sp³-hybridized carbons (Fsp3) is 0. The maximum Gasteiger partial charge on any atom is 0.299 e. The summed E-state index contributed by atoms with van der Waals surface area (Å²) in [6, 6.07) is 3.45. The Kier molecular flexibility index (Phi) is 3.30. The average Bonchev–Trinajstić information content (AvgIpc) is 2.16. The second-order valence-electron chi connectivity index (χ2n) is 2.67. The van der Waals surface area contributed by atoms with Gasteiger partial charge in [0.2, 0.25) is 0 Å². The summed E-state index contributed by atoms with van der Waals surface area (Å²) < 4.78 is 0. The predicted molar refractivity (Wildman–Crippen MR) is 60.2 cm³/mol. The van der Waals surface area contributed by atoms with Gasteiger partial charge in [0, 0.05) is 12.1 Å². The molecule has 0 saturated carbocycles. The van der Waals surface area contributed by atoms with Crippen molar-refractivity contribution in [3.63, 3.8) is 0 Å². The fourth-order valence-electron chi connectivity index (χ4n) is 1.08. The maximum atomic E-state index is 10.6. The van der Waals surface area contributed by atoms with Gasteiger partial charge in [-0.15, -0.1) is 0 Å². The van der Waals surface area contributed by atoms with Gasteiger partial charge in [0.25, 0.3) is 11.4 Å². The van der Waals surface area contributed by atoms with Crippen molar-refractivity contribution < 1.29 is 9.85 Å². The summed E-state index contributed by atoms with van der Waals surface area (Å²) in [5.41, 5.74) is 3.91. The molecular weight excluding hydrogens is 236 g/mol. The highest BCUT2D eigenvalue weighted by molar-refractivity contribution is 7.80. The van der Waals surface area contributed by atoms with E-state index in [1.165, 1.54) is 6.07 Å². The van der Waals surface area contributed by atoms with Gasteiger partial charge in [-0.1, -0.05) is 0 Å². The van der Waals surface area contributed by atoms with Crippen molar-refractivity contribution in [3.8, 4) is 0 Å². The smallest absolute Gasteiger partial charge is 0.299 e. The number of nitrogens with zero attached hydrogens (tertiary/aromatic N) is 2. The van der Waals surface area contributed by atoms with Gasteiger partial charge in [-0.2, -0.15) is 0 Å². The molecule has 0 aromatic heterocycles. The normalized spacial score (nSPS) is 9.50. The first-order chi connectivity index (χ1) is 7.43. The number of benzene rings is 1. The van der Waals surface area contributed by atoms with E-state index in [2.05, 4.69) is 17.5 Å². The summed E-state index contributed by atoms with van der Waals surface area (Å²) in [6.45, 7) is 0. The number of nitro benzene ring substituents is 2. The van der Waals surface area contributed by atoms with Crippen LogP contribution in [0.3, 0.4) is 0 Å². The molecule has 0 fully saturated rings. The predicted octanol–water partition coefficient (Wildman–Crippen LogP) is 1.16. The number of nitrogens with two attached hydrogens (primary N) is 1. The van der Waals surface area contributed by atoms with Crippen molar-refractivity contribution in [3.05, 3.63) is 38.4 Å².